The van der Waals surface area contributed by atoms with E-state index in [1.807, 2.05) is 0 Å². The second-order valence-electron chi connectivity index (χ2n) is 18.1. The molecule has 69 heavy (non-hydrogen) atoms. The Morgan fingerprint density at radius 3 is 1.42 bits per heavy atom. The molecule has 0 amide bonds. The minimum atomic E-state index is 0.874. The van der Waals surface area contributed by atoms with Crippen LogP contribution in [0, 0.1) is 0 Å². The lowest BCUT2D eigenvalue weighted by atomic mass is 9.96. The van der Waals surface area contributed by atoms with E-state index in [4.69, 9.17) is 4.42 Å². The van der Waals surface area contributed by atoms with E-state index in [1.165, 1.54) is 65.4 Å². The fourth-order valence-corrected chi connectivity index (χ4v) is 10.7. The maximum atomic E-state index is 6.58. The minimum absolute atomic E-state index is 0.874. The van der Waals surface area contributed by atoms with E-state index in [2.05, 4.69) is 264 Å². The van der Waals surface area contributed by atoms with Crippen molar-refractivity contribution in [3.05, 3.63) is 255 Å². The number of rotatable bonds is 7. The summed E-state index contributed by atoms with van der Waals surface area (Å²) in [6, 6.07) is 92.5. The number of fused-ring (bicyclic) bond motifs is 11. The van der Waals surface area contributed by atoms with Crippen LogP contribution in [0.4, 0.5) is 17.1 Å². The highest BCUT2D eigenvalue weighted by atomic mass is 16.3. The smallest absolute Gasteiger partial charge is 0.143 e. The first-order chi connectivity index (χ1) is 34.2. The van der Waals surface area contributed by atoms with Crippen LogP contribution < -0.4 is 4.90 Å². The normalized spacial score (nSPS) is 11.8. The lowest BCUT2D eigenvalue weighted by Gasteiger charge is -2.26. The van der Waals surface area contributed by atoms with E-state index < -0.39 is 0 Å². The number of hydrogen-bond donors (Lipinski definition) is 0. The summed E-state index contributed by atoms with van der Waals surface area (Å²) in [5.41, 5.74) is 15.6. The number of nitrogens with zero attached hydrogens (tertiary/aromatic N) is 2. The van der Waals surface area contributed by atoms with Crippen LogP contribution in [0.2, 0.25) is 0 Å². The van der Waals surface area contributed by atoms with Crippen molar-refractivity contribution in [1.82, 2.24) is 4.57 Å². The van der Waals surface area contributed by atoms with Gasteiger partial charge in [0, 0.05) is 49.7 Å². The summed E-state index contributed by atoms with van der Waals surface area (Å²) in [5, 5.41) is 12.1. The maximum Gasteiger partial charge on any atom is 0.143 e. The molecule has 0 saturated carbocycles. The standard InChI is InChI=1S/C66H42N2O/c1-3-14-56-47(10-1)24-25-49-26-27-51(41-61(49)56)45-22-20-43(21-23-45)44-28-33-52(34-29-44)67(55-37-39-65-62(42-55)60-38-32-48-11-2-4-15-57(48)66(60)69-65)53-35-30-46(31-36-53)50-12-9-13-54(40-50)68-63-18-7-5-16-58(63)59-17-6-8-19-64(59)68/h1-42H. The first-order valence-electron chi connectivity index (χ1n) is 23.6. The van der Waals surface area contributed by atoms with E-state index >= 15 is 0 Å². The zero-order chi connectivity index (χ0) is 45.4. The van der Waals surface area contributed by atoms with Gasteiger partial charge in [-0.15, -0.1) is 0 Å². The zero-order valence-corrected chi connectivity index (χ0v) is 37.6. The van der Waals surface area contributed by atoms with Crippen LogP contribution in [-0.4, -0.2) is 4.57 Å². The third kappa shape index (κ3) is 6.51. The molecule has 0 spiro atoms. The summed E-state index contributed by atoms with van der Waals surface area (Å²) in [7, 11) is 0. The molecule has 3 nitrogen and oxygen atoms in total. The van der Waals surface area contributed by atoms with Gasteiger partial charge >= 0.3 is 0 Å². The summed E-state index contributed by atoms with van der Waals surface area (Å²) in [6.07, 6.45) is 0. The highest BCUT2D eigenvalue weighted by Gasteiger charge is 2.18. The van der Waals surface area contributed by atoms with Crippen molar-refractivity contribution in [2.75, 3.05) is 4.90 Å². The van der Waals surface area contributed by atoms with Gasteiger partial charge in [0.15, 0.2) is 0 Å². The number of furan rings is 1. The molecular formula is C66H42N2O. The van der Waals surface area contributed by atoms with Crippen molar-refractivity contribution in [2.45, 2.75) is 0 Å². The highest BCUT2D eigenvalue weighted by Crippen LogP contribution is 2.42. The number of para-hydroxylation sites is 2. The second kappa shape index (κ2) is 15.7. The summed E-state index contributed by atoms with van der Waals surface area (Å²) >= 11 is 0. The molecule has 2 aromatic heterocycles. The van der Waals surface area contributed by atoms with E-state index in [9.17, 15) is 0 Å². The Balaban J connectivity index is 0.831. The molecule has 0 aliphatic rings. The van der Waals surface area contributed by atoms with E-state index in [-0.39, 0.29) is 0 Å². The molecule has 0 fully saturated rings. The van der Waals surface area contributed by atoms with Crippen LogP contribution in [-0.2, 0) is 0 Å². The van der Waals surface area contributed by atoms with Crippen LogP contribution >= 0.6 is 0 Å². The predicted molar refractivity (Wildman–Crippen MR) is 292 cm³/mol. The number of hydrogen-bond acceptors (Lipinski definition) is 2. The molecule has 0 saturated heterocycles. The molecule has 322 valence electrons. The van der Waals surface area contributed by atoms with Gasteiger partial charge in [-0.1, -0.05) is 176 Å². The summed E-state index contributed by atoms with van der Waals surface area (Å²) in [4.78, 5) is 2.36. The summed E-state index contributed by atoms with van der Waals surface area (Å²) < 4.78 is 8.96. The third-order valence-corrected chi connectivity index (χ3v) is 14.2. The Bertz CT molecular complexity index is 4240. The van der Waals surface area contributed by atoms with Gasteiger partial charge in [0.05, 0.1) is 11.0 Å². The maximum absolute atomic E-state index is 6.58. The Labute approximate surface area is 399 Å². The van der Waals surface area contributed by atoms with Crippen LogP contribution in [0.1, 0.15) is 0 Å². The van der Waals surface area contributed by atoms with Crippen molar-refractivity contribution in [1.29, 1.82) is 0 Å². The molecule has 3 heteroatoms. The molecule has 12 aromatic carbocycles. The predicted octanol–water partition coefficient (Wildman–Crippen LogP) is 18.6. The quantitative estimate of drug-likeness (QED) is 0.149. The molecule has 0 aliphatic heterocycles. The molecule has 14 rings (SSSR count). The zero-order valence-electron chi connectivity index (χ0n) is 37.6. The average Bonchev–Trinajstić information content (AvgIpc) is 3.97. The van der Waals surface area contributed by atoms with Gasteiger partial charge in [-0.05, 0) is 139 Å². The van der Waals surface area contributed by atoms with Crippen molar-refractivity contribution in [2.24, 2.45) is 0 Å². The van der Waals surface area contributed by atoms with E-state index in [0.717, 1.165) is 66.8 Å². The number of benzene rings is 12. The lowest BCUT2D eigenvalue weighted by Crippen LogP contribution is -2.09. The molecule has 2 heterocycles. The molecule has 14 aromatic rings. The van der Waals surface area contributed by atoms with Crippen molar-refractivity contribution >= 4 is 93.1 Å². The Morgan fingerprint density at radius 2 is 0.754 bits per heavy atom. The highest BCUT2D eigenvalue weighted by molar-refractivity contribution is 6.16. The van der Waals surface area contributed by atoms with Crippen LogP contribution in [0.5, 0.6) is 0 Å². The molecule has 0 atom stereocenters. The molecule has 0 radical (unpaired) electrons. The van der Waals surface area contributed by atoms with Gasteiger partial charge in [0.1, 0.15) is 11.2 Å². The monoisotopic (exact) mass is 878 g/mol. The van der Waals surface area contributed by atoms with Gasteiger partial charge in [0.25, 0.3) is 0 Å². The second-order valence-corrected chi connectivity index (χ2v) is 18.1. The molecular weight excluding hydrogens is 837 g/mol. The van der Waals surface area contributed by atoms with Gasteiger partial charge in [0.2, 0.25) is 0 Å². The van der Waals surface area contributed by atoms with Crippen molar-refractivity contribution < 1.29 is 4.42 Å². The van der Waals surface area contributed by atoms with Crippen LogP contribution in [0.25, 0.3) is 115 Å². The first-order valence-corrected chi connectivity index (χ1v) is 23.6. The average molecular weight is 879 g/mol. The first kappa shape index (κ1) is 39.0. The lowest BCUT2D eigenvalue weighted by molar-refractivity contribution is 0.672. The van der Waals surface area contributed by atoms with Crippen LogP contribution in [0.15, 0.2) is 259 Å². The fraction of sp³-hybridized carbons (Fsp3) is 0. The SMILES string of the molecule is c1cc(-c2ccc(N(c3ccc(-c4ccc(-c5ccc6ccc7ccccc7c6c5)cc4)cc3)c3ccc4oc5c6ccccc6ccc5c4c3)cc2)cc(-n2c3ccccc3c3ccccc32)c1. The summed E-state index contributed by atoms with van der Waals surface area (Å²) in [5.74, 6) is 0. The molecule has 0 bridgehead atoms. The Kier molecular flexibility index (Phi) is 8.90. The third-order valence-electron chi connectivity index (χ3n) is 14.2. The Hall–Kier alpha value is -9.18. The largest absolute Gasteiger partial charge is 0.455 e. The minimum Gasteiger partial charge on any atom is -0.455 e. The van der Waals surface area contributed by atoms with Crippen LogP contribution in [0.3, 0.4) is 0 Å². The fourth-order valence-electron chi connectivity index (χ4n) is 10.7. The number of anilines is 3. The van der Waals surface area contributed by atoms with E-state index in [1.54, 1.807) is 0 Å². The number of aromatic nitrogens is 1. The summed E-state index contributed by atoms with van der Waals surface area (Å²) in [6.45, 7) is 0. The van der Waals surface area contributed by atoms with Crippen molar-refractivity contribution in [3.63, 3.8) is 0 Å². The topological polar surface area (TPSA) is 21.3 Å². The van der Waals surface area contributed by atoms with Gasteiger partial charge in [-0.2, -0.15) is 0 Å². The molecule has 0 unspecified atom stereocenters. The van der Waals surface area contributed by atoms with E-state index in [0.29, 0.717) is 0 Å². The molecule has 0 aliphatic carbocycles. The van der Waals surface area contributed by atoms with Gasteiger partial charge < -0.3 is 13.9 Å². The van der Waals surface area contributed by atoms with Gasteiger partial charge in [-0.25, -0.2) is 0 Å². The molecule has 0 N–H and O–H groups in total. The van der Waals surface area contributed by atoms with Gasteiger partial charge in [-0.3, -0.25) is 0 Å². The van der Waals surface area contributed by atoms with Crippen molar-refractivity contribution in [3.8, 4) is 39.1 Å². The Morgan fingerprint density at radius 1 is 0.275 bits per heavy atom.